The van der Waals surface area contributed by atoms with Gasteiger partial charge in [-0.25, -0.2) is 0 Å². The first-order valence-electron chi connectivity index (χ1n) is 6.34. The fourth-order valence-corrected chi connectivity index (χ4v) is 2.51. The molecule has 0 aromatic carbocycles. The molecule has 2 nitrogen and oxygen atoms in total. The summed E-state index contributed by atoms with van der Waals surface area (Å²) in [5.74, 6) is 1.05. The summed E-state index contributed by atoms with van der Waals surface area (Å²) in [6, 6.07) is 0. The van der Waals surface area contributed by atoms with Crippen LogP contribution >= 0.6 is 0 Å². The number of rotatable bonds is 5. The molecule has 0 bridgehead atoms. The van der Waals surface area contributed by atoms with E-state index < -0.39 is 0 Å². The fourth-order valence-electron chi connectivity index (χ4n) is 2.51. The van der Waals surface area contributed by atoms with Gasteiger partial charge in [-0.1, -0.05) is 33.1 Å². The summed E-state index contributed by atoms with van der Waals surface area (Å²) in [4.78, 5) is 12.2. The van der Waals surface area contributed by atoms with Crippen LogP contribution in [0.2, 0.25) is 0 Å². The molecule has 0 aromatic rings. The van der Waals surface area contributed by atoms with Crippen molar-refractivity contribution in [2.45, 2.75) is 58.8 Å². The Hall–Kier alpha value is -0.370. The highest BCUT2D eigenvalue weighted by molar-refractivity contribution is 5.85. The molecular formula is C13H25NO. The van der Waals surface area contributed by atoms with Crippen LogP contribution in [0.15, 0.2) is 0 Å². The molecule has 0 saturated heterocycles. The second-order valence-electron chi connectivity index (χ2n) is 5.40. The van der Waals surface area contributed by atoms with Gasteiger partial charge in [0.15, 0.2) is 0 Å². The SMILES string of the molecule is CC(C)CCC(=O)C1(CN)CCCCC1. The normalized spacial score (nSPS) is 20.5. The zero-order valence-electron chi connectivity index (χ0n) is 10.2. The Kier molecular flexibility index (Phi) is 4.78. The molecule has 0 heterocycles. The minimum absolute atomic E-state index is 0.146. The Morgan fingerprint density at radius 1 is 1.27 bits per heavy atom. The molecule has 1 aliphatic rings. The predicted octanol–water partition coefficient (Wildman–Crippen LogP) is 2.90. The number of Topliss-reactive ketones (excluding diaryl/α,β-unsaturated/α-hetero) is 1. The highest BCUT2D eigenvalue weighted by Gasteiger charge is 2.37. The lowest BCUT2D eigenvalue weighted by Gasteiger charge is -2.34. The maximum atomic E-state index is 12.2. The van der Waals surface area contributed by atoms with Gasteiger partial charge < -0.3 is 5.73 Å². The Morgan fingerprint density at radius 3 is 2.33 bits per heavy atom. The first kappa shape index (κ1) is 12.7. The maximum absolute atomic E-state index is 12.2. The molecule has 0 aromatic heterocycles. The third-order valence-electron chi connectivity index (χ3n) is 3.74. The summed E-state index contributed by atoms with van der Waals surface area (Å²) in [5.41, 5.74) is 5.68. The van der Waals surface area contributed by atoms with Gasteiger partial charge in [0.05, 0.1) is 0 Å². The topological polar surface area (TPSA) is 43.1 Å². The van der Waals surface area contributed by atoms with E-state index in [4.69, 9.17) is 5.73 Å². The summed E-state index contributed by atoms with van der Waals surface area (Å²) in [7, 11) is 0. The lowest BCUT2D eigenvalue weighted by molar-refractivity contribution is -0.130. The number of carbonyl (C=O) groups is 1. The van der Waals surface area contributed by atoms with Crippen molar-refractivity contribution in [3.8, 4) is 0 Å². The predicted molar refractivity (Wildman–Crippen MR) is 63.7 cm³/mol. The average molecular weight is 211 g/mol. The van der Waals surface area contributed by atoms with Gasteiger partial charge in [-0.05, 0) is 25.2 Å². The number of hydrogen-bond acceptors (Lipinski definition) is 2. The molecule has 1 aliphatic carbocycles. The summed E-state index contributed by atoms with van der Waals surface area (Å²) >= 11 is 0. The molecular weight excluding hydrogens is 186 g/mol. The van der Waals surface area contributed by atoms with Crippen LogP contribution in [-0.4, -0.2) is 12.3 Å². The van der Waals surface area contributed by atoms with E-state index in [9.17, 15) is 4.79 Å². The molecule has 0 atom stereocenters. The second-order valence-corrected chi connectivity index (χ2v) is 5.40. The lowest BCUT2D eigenvalue weighted by atomic mass is 9.70. The quantitative estimate of drug-likeness (QED) is 0.760. The minimum Gasteiger partial charge on any atom is -0.329 e. The van der Waals surface area contributed by atoms with E-state index >= 15 is 0 Å². The van der Waals surface area contributed by atoms with Gasteiger partial charge in [0, 0.05) is 18.4 Å². The summed E-state index contributed by atoms with van der Waals surface area (Å²) in [5, 5.41) is 0. The van der Waals surface area contributed by atoms with Crippen LogP contribution in [0.3, 0.4) is 0 Å². The Labute approximate surface area is 93.6 Å². The number of carbonyl (C=O) groups excluding carboxylic acids is 1. The van der Waals surface area contributed by atoms with Gasteiger partial charge in [0.1, 0.15) is 5.78 Å². The molecule has 1 saturated carbocycles. The molecule has 0 radical (unpaired) electrons. The molecule has 2 heteroatoms. The zero-order valence-corrected chi connectivity index (χ0v) is 10.2. The maximum Gasteiger partial charge on any atom is 0.140 e. The summed E-state index contributed by atoms with van der Waals surface area (Å²) in [6.07, 6.45) is 7.45. The zero-order chi connectivity index (χ0) is 11.3. The molecule has 0 amide bonds. The van der Waals surface area contributed by atoms with E-state index in [0.717, 1.165) is 25.7 Å². The molecule has 1 rings (SSSR count). The van der Waals surface area contributed by atoms with E-state index in [-0.39, 0.29) is 5.41 Å². The van der Waals surface area contributed by atoms with Gasteiger partial charge in [-0.15, -0.1) is 0 Å². The van der Waals surface area contributed by atoms with E-state index in [2.05, 4.69) is 13.8 Å². The minimum atomic E-state index is -0.146. The van der Waals surface area contributed by atoms with Crippen molar-refractivity contribution < 1.29 is 4.79 Å². The van der Waals surface area contributed by atoms with Crippen molar-refractivity contribution in [1.29, 1.82) is 0 Å². The molecule has 88 valence electrons. The van der Waals surface area contributed by atoms with E-state index in [0.29, 0.717) is 18.2 Å². The second kappa shape index (κ2) is 5.64. The summed E-state index contributed by atoms with van der Waals surface area (Å²) < 4.78 is 0. The largest absolute Gasteiger partial charge is 0.329 e. The molecule has 0 aliphatic heterocycles. The van der Waals surface area contributed by atoms with Crippen molar-refractivity contribution in [2.75, 3.05) is 6.54 Å². The average Bonchev–Trinajstić information content (AvgIpc) is 2.26. The molecule has 0 unspecified atom stereocenters. The van der Waals surface area contributed by atoms with Crippen LogP contribution in [0.4, 0.5) is 0 Å². The third-order valence-corrected chi connectivity index (χ3v) is 3.74. The van der Waals surface area contributed by atoms with Gasteiger partial charge in [0.25, 0.3) is 0 Å². The van der Waals surface area contributed by atoms with Crippen LogP contribution in [0.25, 0.3) is 0 Å². The first-order chi connectivity index (χ1) is 7.10. The van der Waals surface area contributed by atoms with Gasteiger partial charge in [0.2, 0.25) is 0 Å². The van der Waals surface area contributed by atoms with Crippen molar-refractivity contribution in [2.24, 2.45) is 17.1 Å². The van der Waals surface area contributed by atoms with Crippen molar-refractivity contribution in [3.63, 3.8) is 0 Å². The Morgan fingerprint density at radius 2 is 1.87 bits per heavy atom. The highest BCUT2D eigenvalue weighted by atomic mass is 16.1. The third kappa shape index (κ3) is 3.30. The smallest absolute Gasteiger partial charge is 0.140 e. The van der Waals surface area contributed by atoms with Gasteiger partial charge in [-0.2, -0.15) is 0 Å². The van der Waals surface area contributed by atoms with Gasteiger partial charge in [-0.3, -0.25) is 4.79 Å². The fraction of sp³-hybridized carbons (Fsp3) is 0.923. The van der Waals surface area contributed by atoms with Crippen molar-refractivity contribution in [1.82, 2.24) is 0 Å². The standard InChI is InChI=1S/C13H25NO/c1-11(2)6-7-12(15)13(10-14)8-4-3-5-9-13/h11H,3-10,14H2,1-2H3. The number of nitrogens with two attached hydrogens (primary N) is 1. The summed E-state index contributed by atoms with van der Waals surface area (Å²) in [6.45, 7) is 4.90. The van der Waals surface area contributed by atoms with Gasteiger partial charge >= 0.3 is 0 Å². The molecule has 1 fully saturated rings. The van der Waals surface area contributed by atoms with Crippen molar-refractivity contribution in [3.05, 3.63) is 0 Å². The Balaban J connectivity index is 2.52. The van der Waals surface area contributed by atoms with Crippen LogP contribution < -0.4 is 5.73 Å². The molecule has 2 N–H and O–H groups in total. The van der Waals surface area contributed by atoms with Crippen molar-refractivity contribution >= 4 is 5.78 Å². The highest BCUT2D eigenvalue weighted by Crippen LogP contribution is 2.37. The van der Waals surface area contributed by atoms with Crippen LogP contribution in [0.1, 0.15) is 58.8 Å². The molecule has 15 heavy (non-hydrogen) atoms. The van der Waals surface area contributed by atoms with Crippen LogP contribution in [-0.2, 0) is 4.79 Å². The van der Waals surface area contributed by atoms with E-state index in [1.165, 1.54) is 19.3 Å². The first-order valence-corrected chi connectivity index (χ1v) is 6.34. The van der Waals surface area contributed by atoms with E-state index in [1.54, 1.807) is 0 Å². The number of ketones is 1. The monoisotopic (exact) mass is 211 g/mol. The number of hydrogen-bond donors (Lipinski definition) is 1. The Bertz CT molecular complexity index is 205. The van der Waals surface area contributed by atoms with Crippen LogP contribution in [0, 0.1) is 11.3 Å². The van der Waals surface area contributed by atoms with E-state index in [1.807, 2.05) is 0 Å². The van der Waals surface area contributed by atoms with Crippen LogP contribution in [0.5, 0.6) is 0 Å². The lowest BCUT2D eigenvalue weighted by Crippen LogP contribution is -2.40. The molecule has 0 spiro atoms.